The van der Waals surface area contributed by atoms with E-state index < -0.39 is 0 Å². The average Bonchev–Trinajstić information content (AvgIpc) is 2.14. The SMILES string of the molecule is C[C@H](N)c1c(F)cccc1SCCO. The van der Waals surface area contributed by atoms with Crippen LogP contribution in [-0.4, -0.2) is 17.5 Å². The third kappa shape index (κ3) is 2.70. The lowest BCUT2D eigenvalue weighted by atomic mass is 10.1. The number of thioether (sulfide) groups is 1. The molecule has 0 aliphatic rings. The maximum atomic E-state index is 13.4. The number of hydrogen-bond acceptors (Lipinski definition) is 3. The van der Waals surface area contributed by atoms with Crippen molar-refractivity contribution in [2.24, 2.45) is 5.73 Å². The van der Waals surface area contributed by atoms with Gasteiger partial charge < -0.3 is 10.8 Å². The van der Waals surface area contributed by atoms with Crippen molar-refractivity contribution in [2.75, 3.05) is 12.4 Å². The van der Waals surface area contributed by atoms with Crippen molar-refractivity contribution in [3.05, 3.63) is 29.6 Å². The molecule has 0 amide bonds. The summed E-state index contributed by atoms with van der Waals surface area (Å²) in [4.78, 5) is 0.814. The van der Waals surface area contributed by atoms with Gasteiger partial charge in [-0.05, 0) is 19.1 Å². The molecule has 1 rings (SSSR count). The summed E-state index contributed by atoms with van der Waals surface area (Å²) in [6.45, 7) is 1.83. The van der Waals surface area contributed by atoms with Crippen molar-refractivity contribution < 1.29 is 9.50 Å². The van der Waals surface area contributed by atoms with Crippen molar-refractivity contribution in [3.63, 3.8) is 0 Å². The van der Waals surface area contributed by atoms with E-state index >= 15 is 0 Å². The Bertz CT molecular complexity index is 304. The Labute approximate surface area is 87.3 Å². The van der Waals surface area contributed by atoms with Crippen LogP contribution in [0.1, 0.15) is 18.5 Å². The van der Waals surface area contributed by atoms with Crippen LogP contribution in [0.25, 0.3) is 0 Å². The summed E-state index contributed by atoms with van der Waals surface area (Å²) in [7, 11) is 0. The second kappa shape index (κ2) is 5.34. The summed E-state index contributed by atoms with van der Waals surface area (Å²) < 4.78 is 13.4. The molecule has 0 aromatic heterocycles. The fourth-order valence-corrected chi connectivity index (χ4v) is 2.17. The van der Waals surface area contributed by atoms with Gasteiger partial charge in [0.1, 0.15) is 5.82 Å². The van der Waals surface area contributed by atoms with Gasteiger partial charge >= 0.3 is 0 Å². The number of hydrogen-bond donors (Lipinski definition) is 2. The van der Waals surface area contributed by atoms with E-state index in [0.29, 0.717) is 11.3 Å². The van der Waals surface area contributed by atoms with Gasteiger partial charge in [-0.25, -0.2) is 4.39 Å². The fourth-order valence-electron chi connectivity index (χ4n) is 1.24. The highest BCUT2D eigenvalue weighted by Gasteiger charge is 2.12. The molecule has 1 atom stereocenters. The van der Waals surface area contributed by atoms with Crippen LogP contribution in [-0.2, 0) is 0 Å². The molecule has 1 aromatic carbocycles. The minimum atomic E-state index is -0.322. The van der Waals surface area contributed by atoms with Crippen molar-refractivity contribution in [3.8, 4) is 0 Å². The van der Waals surface area contributed by atoms with Crippen LogP contribution < -0.4 is 5.73 Å². The Morgan fingerprint density at radius 2 is 2.29 bits per heavy atom. The summed E-state index contributed by atoms with van der Waals surface area (Å²) in [5.74, 6) is 0.284. The molecule has 0 saturated carbocycles. The van der Waals surface area contributed by atoms with Crippen LogP contribution in [0.15, 0.2) is 23.1 Å². The molecule has 0 heterocycles. The molecule has 0 saturated heterocycles. The Kier molecular flexibility index (Phi) is 4.38. The van der Waals surface area contributed by atoms with Gasteiger partial charge in [0, 0.05) is 22.3 Å². The van der Waals surface area contributed by atoms with Gasteiger partial charge in [-0.15, -0.1) is 11.8 Å². The van der Waals surface area contributed by atoms with Crippen LogP contribution in [0.2, 0.25) is 0 Å². The van der Waals surface area contributed by atoms with E-state index in [1.54, 1.807) is 13.0 Å². The molecule has 4 heteroatoms. The molecular formula is C10H14FNOS. The number of rotatable bonds is 4. The lowest BCUT2D eigenvalue weighted by molar-refractivity contribution is 0.322. The largest absolute Gasteiger partial charge is 0.396 e. The highest BCUT2D eigenvalue weighted by molar-refractivity contribution is 7.99. The highest BCUT2D eigenvalue weighted by atomic mass is 32.2. The van der Waals surface area contributed by atoms with E-state index in [1.165, 1.54) is 17.8 Å². The topological polar surface area (TPSA) is 46.2 Å². The molecule has 78 valence electrons. The Morgan fingerprint density at radius 3 is 2.86 bits per heavy atom. The molecule has 3 N–H and O–H groups in total. The van der Waals surface area contributed by atoms with E-state index in [4.69, 9.17) is 10.8 Å². The first kappa shape index (κ1) is 11.5. The number of aliphatic hydroxyl groups excluding tert-OH is 1. The summed E-state index contributed by atoms with van der Waals surface area (Å²) >= 11 is 1.42. The zero-order chi connectivity index (χ0) is 10.6. The Morgan fingerprint density at radius 1 is 1.57 bits per heavy atom. The average molecular weight is 215 g/mol. The molecular weight excluding hydrogens is 201 g/mol. The van der Waals surface area contributed by atoms with Gasteiger partial charge in [0.25, 0.3) is 0 Å². The first-order chi connectivity index (χ1) is 6.66. The maximum absolute atomic E-state index is 13.4. The Balaban J connectivity index is 2.96. The zero-order valence-corrected chi connectivity index (χ0v) is 8.85. The van der Waals surface area contributed by atoms with E-state index in [1.807, 2.05) is 6.07 Å². The van der Waals surface area contributed by atoms with Gasteiger partial charge in [0.2, 0.25) is 0 Å². The lowest BCUT2D eigenvalue weighted by Crippen LogP contribution is -2.09. The summed E-state index contributed by atoms with van der Waals surface area (Å²) in [5, 5.41) is 8.68. The molecule has 0 aliphatic heterocycles. The number of halogens is 1. The first-order valence-electron chi connectivity index (χ1n) is 4.44. The lowest BCUT2D eigenvalue weighted by Gasteiger charge is -2.12. The van der Waals surface area contributed by atoms with Crippen molar-refractivity contribution in [2.45, 2.75) is 17.9 Å². The van der Waals surface area contributed by atoms with Crippen LogP contribution in [0.3, 0.4) is 0 Å². The normalized spacial score (nSPS) is 12.9. The highest BCUT2D eigenvalue weighted by Crippen LogP contribution is 2.28. The minimum Gasteiger partial charge on any atom is -0.396 e. The fraction of sp³-hybridized carbons (Fsp3) is 0.400. The number of aliphatic hydroxyl groups is 1. The molecule has 0 bridgehead atoms. The molecule has 0 fully saturated rings. The molecule has 0 spiro atoms. The van der Waals surface area contributed by atoms with Crippen molar-refractivity contribution in [1.82, 2.24) is 0 Å². The van der Waals surface area contributed by atoms with Crippen LogP contribution >= 0.6 is 11.8 Å². The number of nitrogens with two attached hydrogens (primary N) is 1. The van der Waals surface area contributed by atoms with E-state index in [9.17, 15) is 4.39 Å². The van der Waals surface area contributed by atoms with Crippen LogP contribution in [0.4, 0.5) is 4.39 Å². The minimum absolute atomic E-state index is 0.0829. The zero-order valence-electron chi connectivity index (χ0n) is 8.03. The quantitative estimate of drug-likeness (QED) is 0.754. The second-order valence-electron chi connectivity index (χ2n) is 3.01. The van der Waals surface area contributed by atoms with Crippen molar-refractivity contribution >= 4 is 11.8 Å². The smallest absolute Gasteiger partial charge is 0.129 e. The standard InChI is InChI=1S/C10H14FNOS/c1-7(12)10-8(11)3-2-4-9(10)14-6-5-13/h2-4,7,13H,5-6,12H2,1H3/t7-/m0/s1. The predicted molar refractivity (Wildman–Crippen MR) is 56.8 cm³/mol. The maximum Gasteiger partial charge on any atom is 0.129 e. The van der Waals surface area contributed by atoms with Gasteiger partial charge in [0.15, 0.2) is 0 Å². The van der Waals surface area contributed by atoms with Gasteiger partial charge in [-0.1, -0.05) is 6.07 Å². The van der Waals surface area contributed by atoms with Crippen LogP contribution in [0.5, 0.6) is 0 Å². The van der Waals surface area contributed by atoms with Gasteiger partial charge in [-0.2, -0.15) is 0 Å². The Hall–Kier alpha value is -0.580. The molecule has 2 nitrogen and oxygen atoms in total. The third-order valence-corrected chi connectivity index (χ3v) is 2.87. The van der Waals surface area contributed by atoms with Gasteiger partial charge in [-0.3, -0.25) is 0 Å². The van der Waals surface area contributed by atoms with E-state index in [0.717, 1.165) is 4.90 Å². The van der Waals surface area contributed by atoms with E-state index in [-0.39, 0.29) is 18.5 Å². The van der Waals surface area contributed by atoms with Gasteiger partial charge in [0.05, 0.1) is 6.61 Å². The molecule has 14 heavy (non-hydrogen) atoms. The van der Waals surface area contributed by atoms with Crippen molar-refractivity contribution in [1.29, 1.82) is 0 Å². The second-order valence-corrected chi connectivity index (χ2v) is 4.15. The third-order valence-electron chi connectivity index (χ3n) is 1.82. The summed E-state index contributed by atoms with van der Waals surface area (Å²) in [6, 6.07) is 4.56. The summed E-state index contributed by atoms with van der Waals surface area (Å²) in [5.41, 5.74) is 6.20. The molecule has 0 unspecified atom stereocenters. The molecule has 0 aliphatic carbocycles. The predicted octanol–water partition coefficient (Wildman–Crippen LogP) is 1.93. The first-order valence-corrected chi connectivity index (χ1v) is 5.43. The van der Waals surface area contributed by atoms with E-state index in [2.05, 4.69) is 0 Å². The monoisotopic (exact) mass is 215 g/mol. The molecule has 0 radical (unpaired) electrons. The number of benzene rings is 1. The molecule has 1 aromatic rings. The van der Waals surface area contributed by atoms with Crippen LogP contribution in [0, 0.1) is 5.82 Å². The summed E-state index contributed by atoms with van der Waals surface area (Å²) in [6.07, 6.45) is 0.